The van der Waals surface area contributed by atoms with Crippen molar-refractivity contribution < 1.29 is 18.7 Å². The molecule has 0 bridgehead atoms. The Morgan fingerprint density at radius 3 is 2.62 bits per heavy atom. The van der Waals surface area contributed by atoms with Crippen molar-refractivity contribution in [2.24, 2.45) is 5.41 Å². The highest BCUT2D eigenvalue weighted by Crippen LogP contribution is 2.39. The molecule has 1 atom stereocenters. The molecule has 0 spiro atoms. The number of ether oxygens (including phenoxy) is 1. The Labute approximate surface area is 221 Å². The summed E-state index contributed by atoms with van der Waals surface area (Å²) in [5, 5.41) is 2.52. The lowest BCUT2D eigenvalue weighted by molar-refractivity contribution is -0.141. The average molecular weight is 522 g/mol. The fourth-order valence-electron chi connectivity index (χ4n) is 5.07. The Hall–Kier alpha value is -3.26. The predicted molar refractivity (Wildman–Crippen MR) is 141 cm³/mol. The van der Waals surface area contributed by atoms with Crippen molar-refractivity contribution in [2.45, 2.75) is 52.7 Å². The maximum Gasteiger partial charge on any atom is 0.273 e. The molecular formula is C29H32FN3O3S. The van der Waals surface area contributed by atoms with Gasteiger partial charge in [-0.25, -0.2) is 9.37 Å². The van der Waals surface area contributed by atoms with Gasteiger partial charge in [-0.2, -0.15) is 0 Å². The summed E-state index contributed by atoms with van der Waals surface area (Å²) < 4.78 is 20.3. The second-order valence-electron chi connectivity index (χ2n) is 10.7. The summed E-state index contributed by atoms with van der Waals surface area (Å²) in [5.74, 6) is 0.322. The fourth-order valence-corrected chi connectivity index (χ4v) is 5.75. The largest absolute Gasteiger partial charge is 0.486 e. The molecule has 3 heterocycles. The van der Waals surface area contributed by atoms with E-state index in [-0.39, 0.29) is 24.2 Å². The minimum Gasteiger partial charge on any atom is -0.486 e. The van der Waals surface area contributed by atoms with Crippen LogP contribution >= 0.6 is 11.3 Å². The second-order valence-corrected chi connectivity index (χ2v) is 11.7. The van der Waals surface area contributed by atoms with Gasteiger partial charge in [-0.3, -0.25) is 9.59 Å². The molecule has 6 nitrogen and oxygen atoms in total. The van der Waals surface area contributed by atoms with E-state index in [1.165, 1.54) is 23.5 Å². The van der Waals surface area contributed by atoms with Gasteiger partial charge in [-0.1, -0.05) is 39.0 Å². The number of hydrogen-bond acceptors (Lipinski definition) is 5. The zero-order valence-corrected chi connectivity index (χ0v) is 22.3. The van der Waals surface area contributed by atoms with Gasteiger partial charge in [-0.05, 0) is 60.2 Å². The van der Waals surface area contributed by atoms with E-state index in [9.17, 15) is 14.0 Å². The third kappa shape index (κ3) is 5.39. The zero-order chi connectivity index (χ0) is 26.2. The fraction of sp³-hybridized carbons (Fsp3) is 0.414. The number of carbonyl (C=O) groups excluding carboxylic acids is 2. The summed E-state index contributed by atoms with van der Waals surface area (Å²) in [7, 11) is 0. The summed E-state index contributed by atoms with van der Waals surface area (Å²) in [5.41, 5.74) is 2.70. The first-order valence-electron chi connectivity index (χ1n) is 12.8. The van der Waals surface area contributed by atoms with Gasteiger partial charge in [0.1, 0.15) is 28.9 Å². The maximum absolute atomic E-state index is 14.2. The molecule has 0 N–H and O–H groups in total. The van der Waals surface area contributed by atoms with Crippen LogP contribution < -0.4 is 4.74 Å². The lowest BCUT2D eigenvalue weighted by atomic mass is 9.85. The van der Waals surface area contributed by atoms with Crippen molar-refractivity contribution in [3.05, 3.63) is 81.1 Å². The molecule has 1 aromatic heterocycles. The van der Waals surface area contributed by atoms with Gasteiger partial charge in [0.25, 0.3) is 5.91 Å². The Morgan fingerprint density at radius 1 is 1.11 bits per heavy atom. The van der Waals surface area contributed by atoms with E-state index < -0.39 is 11.5 Å². The molecule has 2 aliphatic rings. The summed E-state index contributed by atoms with van der Waals surface area (Å²) in [6.45, 7) is 8.11. The van der Waals surface area contributed by atoms with Crippen molar-refractivity contribution in [1.29, 1.82) is 0 Å². The van der Waals surface area contributed by atoms with Crippen LogP contribution in [0.1, 0.15) is 71.8 Å². The molecule has 5 rings (SSSR count). The minimum absolute atomic E-state index is 0.0182. The molecule has 2 aromatic carbocycles. The number of halogens is 1. The van der Waals surface area contributed by atoms with E-state index in [2.05, 4.69) is 4.98 Å². The quantitative estimate of drug-likeness (QED) is 0.437. The monoisotopic (exact) mass is 521 g/mol. The number of benzene rings is 2. The minimum atomic E-state index is -0.563. The van der Waals surface area contributed by atoms with E-state index >= 15 is 0 Å². The number of thiazole rings is 1. The number of carbonyl (C=O) groups is 2. The van der Waals surface area contributed by atoms with Crippen LogP contribution in [0, 0.1) is 11.2 Å². The van der Waals surface area contributed by atoms with Crippen LogP contribution in [0.2, 0.25) is 0 Å². The highest BCUT2D eigenvalue weighted by atomic mass is 32.1. The van der Waals surface area contributed by atoms with Gasteiger partial charge < -0.3 is 14.5 Å². The molecule has 1 saturated heterocycles. The van der Waals surface area contributed by atoms with Gasteiger partial charge >= 0.3 is 0 Å². The molecule has 8 heteroatoms. The van der Waals surface area contributed by atoms with Crippen molar-refractivity contribution in [3.8, 4) is 5.75 Å². The van der Waals surface area contributed by atoms with Crippen LogP contribution in [0.3, 0.4) is 0 Å². The molecule has 0 saturated carbocycles. The number of aromatic nitrogens is 1. The molecule has 0 radical (unpaired) electrons. The zero-order valence-electron chi connectivity index (χ0n) is 21.5. The van der Waals surface area contributed by atoms with Crippen LogP contribution in [0.5, 0.6) is 5.75 Å². The summed E-state index contributed by atoms with van der Waals surface area (Å²) in [6.07, 6.45) is 2.80. The van der Waals surface area contributed by atoms with Crippen LogP contribution in [0.25, 0.3) is 0 Å². The first kappa shape index (κ1) is 25.4. The highest BCUT2D eigenvalue weighted by Gasteiger charge is 2.37. The SMILES string of the molecule is CC(C)(C)C(=O)N1CCc2ccc(OCc3nc(C(=O)N4CCCC4)cs3)cc2C1c1cccc(F)c1. The third-order valence-corrected chi connectivity index (χ3v) is 7.76. The van der Waals surface area contributed by atoms with Crippen LogP contribution in [-0.2, 0) is 17.8 Å². The van der Waals surface area contributed by atoms with Crippen LogP contribution in [0.15, 0.2) is 47.8 Å². The van der Waals surface area contributed by atoms with Crippen molar-refractivity contribution >= 4 is 23.2 Å². The highest BCUT2D eigenvalue weighted by molar-refractivity contribution is 7.09. The number of fused-ring (bicyclic) bond motifs is 1. The van der Waals surface area contributed by atoms with Gasteiger partial charge in [0, 0.05) is 30.4 Å². The molecule has 194 valence electrons. The first-order valence-corrected chi connectivity index (χ1v) is 13.6. The smallest absolute Gasteiger partial charge is 0.273 e. The molecule has 2 aliphatic heterocycles. The van der Waals surface area contributed by atoms with Crippen molar-refractivity contribution in [2.75, 3.05) is 19.6 Å². The van der Waals surface area contributed by atoms with Gasteiger partial charge in [0.15, 0.2) is 0 Å². The number of rotatable bonds is 5. The summed E-state index contributed by atoms with van der Waals surface area (Å²) in [6, 6.07) is 12.0. The first-order chi connectivity index (χ1) is 17.7. The molecule has 1 fully saturated rings. The standard InChI is InChI=1S/C29H32FN3O3S/c1-29(2,3)28(35)33-14-11-19-9-10-22(16-23(19)26(33)20-7-6-8-21(30)15-20)36-17-25-31-24(18-37-25)27(34)32-12-4-5-13-32/h6-10,15-16,18,26H,4-5,11-14,17H2,1-3H3. The molecular weight excluding hydrogens is 489 g/mol. The Balaban J connectivity index is 1.39. The van der Waals surface area contributed by atoms with Gasteiger partial charge in [0.05, 0.1) is 6.04 Å². The number of amides is 2. The lowest BCUT2D eigenvalue weighted by Crippen LogP contribution is -2.45. The topological polar surface area (TPSA) is 62.7 Å². The van der Waals surface area contributed by atoms with Gasteiger partial charge in [0.2, 0.25) is 5.91 Å². The van der Waals surface area contributed by atoms with Crippen molar-refractivity contribution in [3.63, 3.8) is 0 Å². The maximum atomic E-state index is 14.2. The van der Waals surface area contributed by atoms with E-state index in [0.29, 0.717) is 18.0 Å². The molecule has 1 unspecified atom stereocenters. The molecule has 37 heavy (non-hydrogen) atoms. The summed E-state index contributed by atoms with van der Waals surface area (Å²) >= 11 is 1.41. The van der Waals surface area contributed by atoms with Crippen LogP contribution in [0.4, 0.5) is 4.39 Å². The molecule has 0 aliphatic carbocycles. The number of likely N-dealkylation sites (tertiary alicyclic amines) is 1. The number of hydrogen-bond donors (Lipinski definition) is 0. The Bertz CT molecular complexity index is 1310. The lowest BCUT2D eigenvalue weighted by Gasteiger charge is -2.41. The number of nitrogens with zero attached hydrogens (tertiary/aromatic N) is 3. The van der Waals surface area contributed by atoms with E-state index in [0.717, 1.165) is 54.0 Å². The molecule has 2 amide bonds. The summed E-state index contributed by atoms with van der Waals surface area (Å²) in [4.78, 5) is 34.2. The van der Waals surface area contributed by atoms with E-state index in [1.54, 1.807) is 11.4 Å². The third-order valence-electron chi connectivity index (χ3n) is 6.94. The average Bonchev–Trinajstić information content (AvgIpc) is 3.58. The molecule has 3 aromatic rings. The Kier molecular flexibility index (Phi) is 7.03. The van der Waals surface area contributed by atoms with E-state index in [4.69, 9.17) is 4.74 Å². The van der Waals surface area contributed by atoms with Gasteiger partial charge in [-0.15, -0.1) is 11.3 Å². The Morgan fingerprint density at radius 2 is 1.89 bits per heavy atom. The van der Waals surface area contributed by atoms with Crippen LogP contribution in [-0.4, -0.2) is 46.2 Å². The predicted octanol–water partition coefficient (Wildman–Crippen LogP) is 5.62. The van der Waals surface area contributed by atoms with Crippen molar-refractivity contribution in [1.82, 2.24) is 14.8 Å². The van der Waals surface area contributed by atoms with E-state index in [1.807, 2.05) is 54.8 Å². The second kappa shape index (κ2) is 10.2. The normalized spacial score (nSPS) is 17.6.